The van der Waals surface area contributed by atoms with Crippen molar-refractivity contribution in [3.8, 4) is 5.88 Å². The minimum atomic E-state index is -0.693. The van der Waals surface area contributed by atoms with Gasteiger partial charge in [0.15, 0.2) is 5.56 Å². The molecule has 1 saturated carbocycles. The lowest BCUT2D eigenvalue weighted by molar-refractivity contribution is -0.134. The van der Waals surface area contributed by atoms with E-state index in [1.54, 1.807) is 22.5 Å². The van der Waals surface area contributed by atoms with Gasteiger partial charge in [0.2, 0.25) is 11.8 Å². The minimum Gasteiger partial charge on any atom is -0.494 e. The molecule has 1 atom stereocenters. The third kappa shape index (κ3) is 4.96. The minimum absolute atomic E-state index is 0.0271. The summed E-state index contributed by atoms with van der Waals surface area (Å²) >= 11 is 0. The Morgan fingerprint density at radius 3 is 2.66 bits per heavy atom. The van der Waals surface area contributed by atoms with E-state index in [1.807, 2.05) is 44.2 Å². The molecule has 5 rings (SSSR count). The number of amides is 2. The van der Waals surface area contributed by atoms with Crippen LogP contribution in [0.25, 0.3) is 11.7 Å². The maximum Gasteiger partial charge on any atom is 0.291 e. The van der Waals surface area contributed by atoms with Crippen molar-refractivity contribution in [2.75, 3.05) is 19.8 Å². The van der Waals surface area contributed by atoms with E-state index in [0.29, 0.717) is 43.2 Å². The average Bonchev–Trinajstić information content (AvgIpc) is 3.65. The van der Waals surface area contributed by atoms with Crippen LogP contribution >= 0.6 is 0 Å². The summed E-state index contributed by atoms with van der Waals surface area (Å²) in [5.74, 6) is -1.09. The van der Waals surface area contributed by atoms with E-state index in [9.17, 15) is 19.5 Å². The van der Waals surface area contributed by atoms with Gasteiger partial charge < -0.3 is 20.1 Å². The normalized spacial score (nSPS) is 18.0. The van der Waals surface area contributed by atoms with E-state index in [1.165, 1.54) is 6.08 Å². The summed E-state index contributed by atoms with van der Waals surface area (Å²) in [6.45, 7) is 7.34. The first-order valence-corrected chi connectivity index (χ1v) is 13.0. The highest BCUT2D eigenvalue weighted by Crippen LogP contribution is 2.27. The van der Waals surface area contributed by atoms with Crippen molar-refractivity contribution in [3.63, 3.8) is 0 Å². The number of aryl methyl sites for hydroxylation is 1. The number of aromatic nitrogens is 3. The molecule has 2 N–H and O–H groups in total. The Labute approximate surface area is 220 Å². The molecule has 3 aromatic rings. The van der Waals surface area contributed by atoms with Crippen molar-refractivity contribution < 1.29 is 19.4 Å². The molecule has 3 heterocycles. The highest BCUT2D eigenvalue weighted by atomic mass is 16.5. The SMILES string of the molecule is Cc1nn2c(=O)c(C(=O)NC3CC3)c(O)n(CC(C)C)c2c1/C=C/C(=O)N1CCOC[C@@H]1c1ccccc1. The Morgan fingerprint density at radius 2 is 1.97 bits per heavy atom. The third-order valence-electron chi connectivity index (χ3n) is 6.90. The Balaban J connectivity index is 1.54. The van der Waals surface area contributed by atoms with Gasteiger partial charge in [0, 0.05) is 30.8 Å². The Morgan fingerprint density at radius 1 is 1.24 bits per heavy atom. The van der Waals surface area contributed by atoms with Crippen LogP contribution in [0.5, 0.6) is 5.88 Å². The van der Waals surface area contributed by atoms with E-state index >= 15 is 0 Å². The van der Waals surface area contributed by atoms with Gasteiger partial charge in [-0.15, -0.1) is 0 Å². The molecule has 10 heteroatoms. The Kier molecular flexibility index (Phi) is 7.07. The maximum atomic E-state index is 13.4. The molecule has 1 saturated heterocycles. The highest BCUT2D eigenvalue weighted by Gasteiger charge is 2.31. The van der Waals surface area contributed by atoms with Crippen LogP contribution in [-0.2, 0) is 16.1 Å². The second kappa shape index (κ2) is 10.4. The molecule has 0 bridgehead atoms. The fourth-order valence-electron chi connectivity index (χ4n) is 4.85. The van der Waals surface area contributed by atoms with E-state index < -0.39 is 17.3 Å². The molecule has 2 amide bonds. The largest absolute Gasteiger partial charge is 0.494 e. The lowest BCUT2D eigenvalue weighted by Crippen LogP contribution is -2.42. The van der Waals surface area contributed by atoms with Gasteiger partial charge >= 0.3 is 0 Å². The summed E-state index contributed by atoms with van der Waals surface area (Å²) in [6.07, 6.45) is 4.82. The number of nitrogens with zero attached hydrogens (tertiary/aromatic N) is 4. The van der Waals surface area contributed by atoms with Crippen LogP contribution in [0.3, 0.4) is 0 Å². The molecule has 38 heavy (non-hydrogen) atoms. The van der Waals surface area contributed by atoms with Crippen molar-refractivity contribution in [2.24, 2.45) is 5.92 Å². The number of benzene rings is 1. The standard InChI is InChI=1S/C28H33N5O5/c1-17(2)15-32-26-21(11-12-23(34)31-13-14-38-16-22(31)19-7-5-4-6-8-19)18(3)30-33(26)28(37)24(27(32)36)25(35)29-20-9-10-20/h4-8,11-12,17,20,22,36H,9-10,13-16H2,1-3H3,(H,29,35)/b12-11+/t22-/m1/s1. The number of aromatic hydroxyl groups is 1. The average molecular weight is 520 g/mol. The van der Waals surface area contributed by atoms with Gasteiger partial charge in [-0.2, -0.15) is 9.61 Å². The number of hydrogen-bond donors (Lipinski definition) is 2. The topological polar surface area (TPSA) is 118 Å². The van der Waals surface area contributed by atoms with Gasteiger partial charge in [-0.1, -0.05) is 44.2 Å². The molecule has 2 aromatic heterocycles. The summed E-state index contributed by atoms with van der Waals surface area (Å²) < 4.78 is 8.35. The molecule has 0 radical (unpaired) electrons. The number of carbonyl (C=O) groups is 2. The lowest BCUT2D eigenvalue weighted by Gasteiger charge is -2.35. The zero-order valence-electron chi connectivity index (χ0n) is 21.9. The van der Waals surface area contributed by atoms with Gasteiger partial charge in [0.25, 0.3) is 11.5 Å². The van der Waals surface area contributed by atoms with Gasteiger partial charge in [-0.3, -0.25) is 19.0 Å². The van der Waals surface area contributed by atoms with E-state index in [2.05, 4.69) is 10.4 Å². The van der Waals surface area contributed by atoms with Crippen LogP contribution in [0.4, 0.5) is 0 Å². The number of ether oxygens (including phenoxy) is 1. The van der Waals surface area contributed by atoms with Crippen molar-refractivity contribution in [2.45, 2.75) is 52.2 Å². The number of nitrogens with one attached hydrogen (secondary N) is 1. The summed E-state index contributed by atoms with van der Waals surface area (Å²) in [4.78, 5) is 41.3. The molecule has 10 nitrogen and oxygen atoms in total. The number of hydrogen-bond acceptors (Lipinski definition) is 6. The summed E-state index contributed by atoms with van der Waals surface area (Å²) in [5, 5.41) is 18.3. The number of fused-ring (bicyclic) bond motifs is 1. The molecule has 1 aliphatic carbocycles. The van der Waals surface area contributed by atoms with E-state index in [0.717, 1.165) is 22.9 Å². The molecular weight excluding hydrogens is 486 g/mol. The Hall–Kier alpha value is -3.92. The first kappa shape index (κ1) is 25.7. The molecule has 2 aliphatic rings. The van der Waals surface area contributed by atoms with Crippen molar-refractivity contribution >= 4 is 23.5 Å². The van der Waals surface area contributed by atoms with Crippen LogP contribution in [0, 0.1) is 12.8 Å². The molecule has 0 spiro atoms. The number of carbonyl (C=O) groups excluding carboxylic acids is 2. The van der Waals surface area contributed by atoms with E-state index in [4.69, 9.17) is 4.74 Å². The van der Waals surface area contributed by atoms with Crippen LogP contribution in [-0.4, -0.2) is 61.8 Å². The first-order chi connectivity index (χ1) is 18.3. The lowest BCUT2D eigenvalue weighted by atomic mass is 10.0. The van der Waals surface area contributed by atoms with Gasteiger partial charge in [0.1, 0.15) is 5.65 Å². The van der Waals surface area contributed by atoms with Crippen molar-refractivity contribution in [1.82, 2.24) is 24.4 Å². The Bertz CT molecular complexity index is 1450. The molecule has 200 valence electrons. The molecule has 2 fully saturated rings. The quantitative estimate of drug-likeness (QED) is 0.464. The van der Waals surface area contributed by atoms with Crippen LogP contribution < -0.4 is 10.9 Å². The van der Waals surface area contributed by atoms with Crippen LogP contribution in [0.1, 0.15) is 59.9 Å². The fourth-order valence-corrected chi connectivity index (χ4v) is 4.85. The van der Waals surface area contributed by atoms with Gasteiger partial charge in [-0.05, 0) is 37.3 Å². The number of rotatable bonds is 7. The van der Waals surface area contributed by atoms with Crippen LogP contribution in [0.15, 0.2) is 41.2 Å². The van der Waals surface area contributed by atoms with Crippen LogP contribution in [0.2, 0.25) is 0 Å². The number of morpholine rings is 1. The highest BCUT2D eigenvalue weighted by molar-refractivity contribution is 5.97. The molecule has 1 aliphatic heterocycles. The monoisotopic (exact) mass is 519 g/mol. The third-order valence-corrected chi connectivity index (χ3v) is 6.90. The summed E-state index contributed by atoms with van der Waals surface area (Å²) in [7, 11) is 0. The predicted molar refractivity (Wildman–Crippen MR) is 142 cm³/mol. The molecule has 0 unspecified atom stereocenters. The fraction of sp³-hybridized carbons (Fsp3) is 0.429. The van der Waals surface area contributed by atoms with Gasteiger partial charge in [0.05, 0.1) is 24.9 Å². The smallest absolute Gasteiger partial charge is 0.291 e. The molecular formula is C28H33N5O5. The zero-order valence-corrected chi connectivity index (χ0v) is 21.9. The second-order valence-corrected chi connectivity index (χ2v) is 10.4. The van der Waals surface area contributed by atoms with Gasteiger partial charge in [-0.25, -0.2) is 0 Å². The van der Waals surface area contributed by atoms with E-state index in [-0.39, 0.29) is 29.5 Å². The zero-order chi connectivity index (χ0) is 27.0. The summed E-state index contributed by atoms with van der Waals surface area (Å²) in [6, 6.07) is 9.57. The second-order valence-electron chi connectivity index (χ2n) is 10.4. The van der Waals surface area contributed by atoms with Crippen molar-refractivity contribution in [1.29, 1.82) is 0 Å². The summed E-state index contributed by atoms with van der Waals surface area (Å²) in [5.41, 5.74) is 1.36. The molecule has 1 aromatic carbocycles. The predicted octanol–water partition coefficient (Wildman–Crippen LogP) is 2.67. The first-order valence-electron chi connectivity index (χ1n) is 13.0. The maximum absolute atomic E-state index is 13.4. The van der Waals surface area contributed by atoms with Crippen molar-refractivity contribution in [3.05, 3.63) is 69.1 Å².